The quantitative estimate of drug-likeness (QED) is 0.668. The van der Waals surface area contributed by atoms with Gasteiger partial charge in [0.15, 0.2) is 0 Å². The summed E-state index contributed by atoms with van der Waals surface area (Å²) in [5, 5.41) is 10.4. The Morgan fingerprint density at radius 2 is 2.00 bits per heavy atom. The molecule has 0 spiro atoms. The highest BCUT2D eigenvalue weighted by atomic mass is 19.3. The molecular formula is C7H11F4NO2. The van der Waals surface area contributed by atoms with Gasteiger partial charge in [-0.1, -0.05) is 6.92 Å². The number of halogens is 4. The van der Waals surface area contributed by atoms with Crippen molar-refractivity contribution in [3.63, 3.8) is 0 Å². The summed E-state index contributed by atoms with van der Waals surface area (Å²) < 4.78 is 47.7. The van der Waals surface area contributed by atoms with Gasteiger partial charge in [-0.3, -0.25) is 4.79 Å². The van der Waals surface area contributed by atoms with Crippen molar-refractivity contribution in [2.45, 2.75) is 31.8 Å². The maximum Gasteiger partial charge on any atom is 0.383 e. The Morgan fingerprint density at radius 3 is 2.36 bits per heavy atom. The Bertz CT molecular complexity index is 198. The maximum absolute atomic E-state index is 12.3. The Kier molecular flexibility index (Phi) is 4.82. The smallest absolute Gasteiger partial charge is 0.383 e. The minimum atomic E-state index is -4.70. The van der Waals surface area contributed by atoms with Gasteiger partial charge in [0.1, 0.15) is 0 Å². The molecule has 0 aromatic carbocycles. The molecule has 14 heavy (non-hydrogen) atoms. The van der Waals surface area contributed by atoms with Crippen LogP contribution in [0.15, 0.2) is 0 Å². The summed E-state index contributed by atoms with van der Waals surface area (Å²) in [5.74, 6) is -6.77. The number of carbonyl (C=O) groups excluding carboxylic acids is 1. The van der Waals surface area contributed by atoms with Crippen molar-refractivity contribution in [2.75, 3.05) is 6.54 Å². The molecule has 0 aliphatic heterocycles. The Hall–Kier alpha value is -0.850. The molecule has 2 N–H and O–H groups in total. The van der Waals surface area contributed by atoms with E-state index < -0.39 is 30.9 Å². The normalized spacial score (nSPS) is 14.2. The summed E-state index contributed by atoms with van der Waals surface area (Å²) in [4.78, 5) is 10.5. The van der Waals surface area contributed by atoms with Crippen LogP contribution in [0.5, 0.6) is 0 Å². The summed E-state index contributed by atoms with van der Waals surface area (Å²) in [7, 11) is 0. The van der Waals surface area contributed by atoms with Crippen molar-refractivity contribution in [1.82, 2.24) is 5.32 Å². The van der Waals surface area contributed by atoms with Crippen molar-refractivity contribution in [3.05, 3.63) is 0 Å². The molecule has 0 radical (unpaired) electrons. The van der Waals surface area contributed by atoms with E-state index in [0.717, 1.165) is 0 Å². The zero-order valence-corrected chi connectivity index (χ0v) is 7.44. The van der Waals surface area contributed by atoms with Crippen LogP contribution in [0.4, 0.5) is 17.6 Å². The number of hydrogen-bond donors (Lipinski definition) is 2. The molecule has 0 aromatic rings. The highest BCUT2D eigenvalue weighted by Crippen LogP contribution is 2.22. The predicted molar refractivity (Wildman–Crippen MR) is 40.3 cm³/mol. The fourth-order valence-electron chi connectivity index (χ4n) is 0.572. The number of hydrogen-bond acceptors (Lipinski definition) is 2. The lowest BCUT2D eigenvalue weighted by atomic mass is 10.2. The van der Waals surface area contributed by atoms with Gasteiger partial charge in [0, 0.05) is 6.54 Å². The second kappa shape index (κ2) is 5.14. The molecule has 0 fully saturated rings. The van der Waals surface area contributed by atoms with Crippen molar-refractivity contribution in [3.8, 4) is 0 Å². The molecule has 0 aliphatic rings. The molecule has 0 rings (SSSR count). The third-order valence-corrected chi connectivity index (χ3v) is 1.55. The number of rotatable bonds is 5. The molecule has 3 nitrogen and oxygen atoms in total. The number of aliphatic hydroxyl groups excluding tert-OH is 1. The molecular weight excluding hydrogens is 206 g/mol. The molecule has 0 heterocycles. The highest BCUT2D eigenvalue weighted by molar-refractivity contribution is 5.83. The van der Waals surface area contributed by atoms with E-state index in [1.165, 1.54) is 5.32 Å². The molecule has 0 aromatic heterocycles. The van der Waals surface area contributed by atoms with Gasteiger partial charge < -0.3 is 10.4 Å². The van der Waals surface area contributed by atoms with Crippen molar-refractivity contribution in [1.29, 1.82) is 0 Å². The zero-order valence-electron chi connectivity index (χ0n) is 7.44. The SMILES string of the molecule is CCC(O)CNC(=O)C(F)(F)C(F)F. The van der Waals surface area contributed by atoms with E-state index in [0.29, 0.717) is 0 Å². The Labute approximate surface area is 78.1 Å². The van der Waals surface area contributed by atoms with Gasteiger partial charge in [0.25, 0.3) is 5.91 Å². The summed E-state index contributed by atoms with van der Waals surface area (Å²) >= 11 is 0. The molecule has 0 saturated heterocycles. The molecule has 84 valence electrons. The van der Waals surface area contributed by atoms with Crippen LogP contribution in [0.3, 0.4) is 0 Å². The van der Waals surface area contributed by atoms with E-state index in [9.17, 15) is 22.4 Å². The first kappa shape index (κ1) is 13.2. The highest BCUT2D eigenvalue weighted by Gasteiger charge is 2.48. The molecule has 0 aliphatic carbocycles. The Balaban J connectivity index is 4.08. The topological polar surface area (TPSA) is 49.3 Å². The van der Waals surface area contributed by atoms with Crippen LogP contribution < -0.4 is 5.32 Å². The number of amides is 1. The van der Waals surface area contributed by atoms with E-state index in [-0.39, 0.29) is 6.42 Å². The standard InChI is InChI=1S/C7H11F4NO2/c1-2-4(13)3-12-6(14)7(10,11)5(8)9/h4-5,13H,2-3H2,1H3,(H,12,14). The van der Waals surface area contributed by atoms with Crippen LogP contribution in [-0.4, -0.2) is 36.0 Å². The van der Waals surface area contributed by atoms with Crippen LogP contribution in [0.2, 0.25) is 0 Å². The van der Waals surface area contributed by atoms with Gasteiger partial charge in [0.05, 0.1) is 6.10 Å². The van der Waals surface area contributed by atoms with Gasteiger partial charge >= 0.3 is 12.3 Å². The molecule has 0 bridgehead atoms. The second-order valence-corrected chi connectivity index (χ2v) is 2.70. The van der Waals surface area contributed by atoms with Crippen LogP contribution >= 0.6 is 0 Å². The molecule has 0 saturated carbocycles. The van der Waals surface area contributed by atoms with Gasteiger partial charge in [0.2, 0.25) is 0 Å². The largest absolute Gasteiger partial charge is 0.391 e. The average Bonchev–Trinajstić information content (AvgIpc) is 2.12. The average molecular weight is 217 g/mol. The molecule has 1 amide bonds. The van der Waals surface area contributed by atoms with E-state index in [2.05, 4.69) is 0 Å². The minimum Gasteiger partial charge on any atom is -0.391 e. The maximum atomic E-state index is 12.3. The lowest BCUT2D eigenvalue weighted by Crippen LogP contribution is -2.47. The van der Waals surface area contributed by atoms with Gasteiger partial charge in [-0.25, -0.2) is 8.78 Å². The predicted octanol–water partition coefficient (Wildman–Crippen LogP) is 0.774. The van der Waals surface area contributed by atoms with Crippen LogP contribution in [0.25, 0.3) is 0 Å². The summed E-state index contributed by atoms with van der Waals surface area (Å²) in [6.45, 7) is 1.10. The monoisotopic (exact) mass is 217 g/mol. The van der Waals surface area contributed by atoms with Gasteiger partial charge in [-0.15, -0.1) is 0 Å². The number of aliphatic hydroxyl groups is 1. The van der Waals surface area contributed by atoms with Crippen LogP contribution in [0.1, 0.15) is 13.3 Å². The van der Waals surface area contributed by atoms with E-state index in [1.807, 2.05) is 0 Å². The third kappa shape index (κ3) is 3.49. The first-order valence-corrected chi connectivity index (χ1v) is 3.94. The number of nitrogens with one attached hydrogen (secondary N) is 1. The van der Waals surface area contributed by atoms with Crippen molar-refractivity contribution in [2.24, 2.45) is 0 Å². The van der Waals surface area contributed by atoms with Crippen molar-refractivity contribution < 1.29 is 27.5 Å². The number of alkyl halides is 4. The molecule has 1 unspecified atom stereocenters. The molecule has 7 heteroatoms. The fraction of sp³-hybridized carbons (Fsp3) is 0.857. The second-order valence-electron chi connectivity index (χ2n) is 2.70. The first-order valence-electron chi connectivity index (χ1n) is 3.94. The fourth-order valence-corrected chi connectivity index (χ4v) is 0.572. The summed E-state index contributed by atoms with van der Waals surface area (Å²) in [5.41, 5.74) is 0. The lowest BCUT2D eigenvalue weighted by Gasteiger charge is -2.16. The molecule has 1 atom stereocenters. The van der Waals surface area contributed by atoms with E-state index in [1.54, 1.807) is 6.92 Å². The summed E-state index contributed by atoms with van der Waals surface area (Å²) in [6, 6.07) is 0. The minimum absolute atomic E-state index is 0.237. The summed E-state index contributed by atoms with van der Waals surface area (Å²) in [6.07, 6.45) is -4.81. The first-order chi connectivity index (χ1) is 6.32. The van der Waals surface area contributed by atoms with Crippen LogP contribution in [0, 0.1) is 0 Å². The van der Waals surface area contributed by atoms with Crippen molar-refractivity contribution >= 4 is 5.91 Å². The number of carbonyl (C=O) groups is 1. The zero-order chi connectivity index (χ0) is 11.4. The Morgan fingerprint density at radius 1 is 1.50 bits per heavy atom. The third-order valence-electron chi connectivity index (χ3n) is 1.55. The van der Waals surface area contributed by atoms with E-state index >= 15 is 0 Å². The lowest BCUT2D eigenvalue weighted by molar-refractivity contribution is -0.169. The van der Waals surface area contributed by atoms with Gasteiger partial charge in [-0.05, 0) is 6.42 Å². The van der Waals surface area contributed by atoms with E-state index in [4.69, 9.17) is 5.11 Å². The van der Waals surface area contributed by atoms with Crippen LogP contribution in [-0.2, 0) is 4.79 Å². The van der Waals surface area contributed by atoms with Gasteiger partial charge in [-0.2, -0.15) is 8.78 Å².